The molecule has 0 fully saturated rings. The van der Waals surface area contributed by atoms with Crippen molar-refractivity contribution in [2.24, 2.45) is 0 Å². The second-order valence-corrected chi connectivity index (χ2v) is 10.7. The van der Waals surface area contributed by atoms with E-state index in [-0.39, 0.29) is 11.8 Å². The number of hydrogen-bond acceptors (Lipinski definition) is 2. The average Bonchev–Trinajstić information content (AvgIpc) is 3.10. The standard InChI is InChI=1S/C32H38ClN3O2/c1-6-36(7-2,8-3)30-14-11-19-35(29-18-15-24(33)21-28(29)30)32(38)27-17-16-25(20-23(27)5)34-31(37)26-13-10-9-12-22(26)4/h9-10,12-13,15-18,20-21,30H,6-8,11,14,19H2,1-5H3/p+1. The highest BCUT2D eigenvalue weighted by molar-refractivity contribution is 6.30. The van der Waals surface area contributed by atoms with Crippen molar-refractivity contribution in [3.8, 4) is 0 Å². The summed E-state index contributed by atoms with van der Waals surface area (Å²) in [5.74, 6) is -0.179. The van der Waals surface area contributed by atoms with Crippen LogP contribution in [0.1, 0.15) is 77.1 Å². The van der Waals surface area contributed by atoms with Gasteiger partial charge in [-0.05, 0) is 94.6 Å². The minimum Gasteiger partial charge on any atom is -0.322 e. The molecule has 38 heavy (non-hydrogen) atoms. The third-order valence-corrected chi connectivity index (χ3v) is 8.63. The van der Waals surface area contributed by atoms with Gasteiger partial charge in [0.15, 0.2) is 0 Å². The van der Waals surface area contributed by atoms with Crippen LogP contribution in [0.5, 0.6) is 0 Å². The molecular weight excluding hydrogens is 494 g/mol. The summed E-state index contributed by atoms with van der Waals surface area (Å²) in [5.41, 5.74) is 5.82. The quantitative estimate of drug-likeness (QED) is 0.319. The van der Waals surface area contributed by atoms with Crippen LogP contribution >= 0.6 is 11.6 Å². The van der Waals surface area contributed by atoms with E-state index in [1.54, 1.807) is 0 Å². The molecule has 1 atom stereocenters. The van der Waals surface area contributed by atoms with Crippen molar-refractivity contribution in [1.82, 2.24) is 0 Å². The third-order valence-electron chi connectivity index (χ3n) is 8.40. The maximum atomic E-state index is 14.0. The molecule has 2 amide bonds. The lowest BCUT2D eigenvalue weighted by Crippen LogP contribution is -2.50. The Labute approximate surface area is 232 Å². The molecule has 6 heteroatoms. The van der Waals surface area contributed by atoms with E-state index in [4.69, 9.17) is 11.6 Å². The number of aryl methyl sites for hydroxylation is 2. The second-order valence-electron chi connectivity index (χ2n) is 10.3. The minimum absolute atomic E-state index is 0.0221. The number of rotatable bonds is 7. The van der Waals surface area contributed by atoms with Gasteiger partial charge >= 0.3 is 0 Å². The van der Waals surface area contributed by atoms with Gasteiger partial charge in [0.2, 0.25) is 0 Å². The summed E-state index contributed by atoms with van der Waals surface area (Å²) in [6.07, 6.45) is 1.93. The van der Waals surface area contributed by atoms with Crippen LogP contribution in [-0.4, -0.2) is 42.5 Å². The van der Waals surface area contributed by atoms with Crippen molar-refractivity contribution in [3.63, 3.8) is 0 Å². The van der Waals surface area contributed by atoms with Gasteiger partial charge < -0.3 is 14.7 Å². The predicted molar refractivity (Wildman–Crippen MR) is 157 cm³/mol. The Hall–Kier alpha value is -3.15. The highest BCUT2D eigenvalue weighted by Gasteiger charge is 2.38. The van der Waals surface area contributed by atoms with Crippen molar-refractivity contribution in [3.05, 3.63) is 93.5 Å². The van der Waals surface area contributed by atoms with Gasteiger partial charge in [-0.25, -0.2) is 0 Å². The summed E-state index contributed by atoms with van der Waals surface area (Å²) in [4.78, 5) is 28.7. The Kier molecular flexibility index (Phi) is 8.59. The number of halogens is 1. The number of nitrogens with zero attached hydrogens (tertiary/aromatic N) is 2. The first-order valence-corrected chi connectivity index (χ1v) is 14.1. The predicted octanol–water partition coefficient (Wildman–Crippen LogP) is 7.57. The number of hydrogen-bond donors (Lipinski definition) is 1. The molecule has 0 saturated heterocycles. The van der Waals surface area contributed by atoms with Crippen LogP contribution in [0.4, 0.5) is 11.4 Å². The van der Waals surface area contributed by atoms with Crippen LogP contribution in [0.15, 0.2) is 60.7 Å². The van der Waals surface area contributed by atoms with Crippen molar-refractivity contribution in [1.29, 1.82) is 0 Å². The Morgan fingerprint density at radius 3 is 2.29 bits per heavy atom. The van der Waals surface area contributed by atoms with E-state index in [0.717, 1.165) is 59.3 Å². The molecule has 0 saturated carbocycles. The molecule has 1 aliphatic heterocycles. The second kappa shape index (κ2) is 11.7. The number of anilines is 2. The van der Waals surface area contributed by atoms with Crippen LogP contribution in [0.3, 0.4) is 0 Å². The molecule has 1 unspecified atom stereocenters. The van der Waals surface area contributed by atoms with Crippen LogP contribution < -0.4 is 10.2 Å². The SMILES string of the molecule is CC[N+](CC)(CC)C1CCCN(C(=O)c2ccc(NC(=O)c3ccccc3C)cc2C)c2ccc(Cl)cc21. The molecule has 0 radical (unpaired) electrons. The van der Waals surface area contributed by atoms with Gasteiger partial charge in [-0.2, -0.15) is 0 Å². The Bertz CT molecular complexity index is 1320. The van der Waals surface area contributed by atoms with Gasteiger partial charge in [0.05, 0.1) is 25.3 Å². The zero-order valence-electron chi connectivity index (χ0n) is 23.2. The molecule has 1 N–H and O–H groups in total. The zero-order chi connectivity index (χ0) is 27.4. The first-order chi connectivity index (χ1) is 18.2. The Morgan fingerprint density at radius 1 is 0.921 bits per heavy atom. The molecule has 5 nitrogen and oxygen atoms in total. The van der Waals surface area contributed by atoms with E-state index >= 15 is 0 Å². The van der Waals surface area contributed by atoms with E-state index in [1.807, 2.05) is 73.3 Å². The highest BCUT2D eigenvalue weighted by atomic mass is 35.5. The van der Waals surface area contributed by atoms with Crippen LogP contribution in [0, 0.1) is 13.8 Å². The van der Waals surface area contributed by atoms with Crippen LogP contribution in [0.25, 0.3) is 0 Å². The molecular formula is C32H39ClN3O2+. The number of amides is 2. The third kappa shape index (κ3) is 5.36. The fourth-order valence-corrected chi connectivity index (χ4v) is 6.20. The number of benzene rings is 3. The van der Waals surface area contributed by atoms with Gasteiger partial charge in [-0.1, -0.05) is 29.8 Å². The van der Waals surface area contributed by atoms with E-state index < -0.39 is 0 Å². The maximum Gasteiger partial charge on any atom is 0.258 e. The number of nitrogens with one attached hydrogen (secondary N) is 1. The molecule has 1 heterocycles. The molecule has 0 aliphatic carbocycles. The van der Waals surface area contributed by atoms with Crippen molar-refractivity contribution < 1.29 is 14.1 Å². The van der Waals surface area contributed by atoms with Crippen LogP contribution in [-0.2, 0) is 0 Å². The van der Waals surface area contributed by atoms with Gasteiger partial charge in [-0.3, -0.25) is 9.59 Å². The van der Waals surface area contributed by atoms with Crippen molar-refractivity contribution >= 4 is 34.8 Å². The first kappa shape index (κ1) is 27.9. The first-order valence-electron chi connectivity index (χ1n) is 13.7. The number of fused-ring (bicyclic) bond motifs is 1. The summed E-state index contributed by atoms with van der Waals surface area (Å²) < 4.78 is 0.976. The molecule has 1 aliphatic rings. The van der Waals surface area contributed by atoms with Crippen LogP contribution in [0.2, 0.25) is 5.02 Å². The summed E-state index contributed by atoms with van der Waals surface area (Å²) in [5, 5.41) is 3.68. The lowest BCUT2D eigenvalue weighted by molar-refractivity contribution is -0.952. The van der Waals surface area contributed by atoms with Gasteiger partial charge in [0.25, 0.3) is 11.8 Å². The Balaban J connectivity index is 1.65. The fourth-order valence-electron chi connectivity index (χ4n) is 6.02. The average molecular weight is 533 g/mol. The summed E-state index contributed by atoms with van der Waals surface area (Å²) in [6, 6.07) is 19.3. The molecule has 0 bridgehead atoms. The monoisotopic (exact) mass is 532 g/mol. The fraction of sp³-hybridized carbons (Fsp3) is 0.375. The summed E-state index contributed by atoms with van der Waals surface area (Å²) in [7, 11) is 0. The summed E-state index contributed by atoms with van der Waals surface area (Å²) >= 11 is 6.51. The number of quaternary nitrogens is 1. The number of carbonyl (C=O) groups is 2. The molecule has 0 spiro atoms. The number of carbonyl (C=O) groups excluding carboxylic acids is 2. The normalized spacial score (nSPS) is 15.5. The van der Waals surface area contributed by atoms with E-state index in [9.17, 15) is 9.59 Å². The van der Waals surface area contributed by atoms with E-state index in [1.165, 1.54) is 0 Å². The molecule has 0 aromatic heterocycles. The van der Waals surface area contributed by atoms with Crippen molar-refractivity contribution in [2.45, 2.75) is 53.5 Å². The van der Waals surface area contributed by atoms with Gasteiger partial charge in [0.1, 0.15) is 6.04 Å². The summed E-state index contributed by atoms with van der Waals surface area (Å²) in [6.45, 7) is 14.4. The van der Waals surface area contributed by atoms with Gasteiger partial charge in [0, 0.05) is 40.4 Å². The lowest BCUT2D eigenvalue weighted by atomic mass is 9.96. The minimum atomic E-state index is -0.157. The smallest absolute Gasteiger partial charge is 0.258 e. The van der Waals surface area contributed by atoms with E-state index in [0.29, 0.717) is 34.4 Å². The molecule has 4 rings (SSSR count). The molecule has 3 aromatic rings. The Morgan fingerprint density at radius 2 is 1.63 bits per heavy atom. The molecule has 200 valence electrons. The molecule has 3 aromatic carbocycles. The zero-order valence-corrected chi connectivity index (χ0v) is 23.9. The maximum absolute atomic E-state index is 14.0. The topological polar surface area (TPSA) is 49.4 Å². The van der Waals surface area contributed by atoms with E-state index in [2.05, 4.69) is 32.2 Å². The lowest BCUT2D eigenvalue weighted by Gasteiger charge is -2.43. The van der Waals surface area contributed by atoms with Gasteiger partial charge in [-0.15, -0.1) is 0 Å². The highest BCUT2D eigenvalue weighted by Crippen LogP contribution is 2.42. The largest absolute Gasteiger partial charge is 0.322 e. The van der Waals surface area contributed by atoms with Crippen molar-refractivity contribution in [2.75, 3.05) is 36.4 Å².